The van der Waals surface area contributed by atoms with Gasteiger partial charge in [-0.15, -0.1) is 0 Å². The molecule has 0 aromatic carbocycles. The molecular weight excluding hydrogens is 304 g/mol. The number of hydrogen-bond donors (Lipinski definition) is 0. The van der Waals surface area contributed by atoms with E-state index in [4.69, 9.17) is 0 Å². The molecule has 0 aromatic rings. The van der Waals surface area contributed by atoms with Crippen LogP contribution < -0.4 is 0 Å². The number of nitrogens with zero attached hydrogens (tertiary/aromatic N) is 2. The first-order valence-corrected chi connectivity index (χ1v) is 9.01. The Labute approximate surface area is 113 Å². The highest BCUT2D eigenvalue weighted by molar-refractivity contribution is 9.09. The van der Waals surface area contributed by atoms with Crippen LogP contribution in [0.4, 0.5) is 0 Å². The van der Waals surface area contributed by atoms with Gasteiger partial charge in [0, 0.05) is 31.0 Å². The summed E-state index contributed by atoms with van der Waals surface area (Å²) in [5.74, 6) is 0. The maximum atomic E-state index is 12.5. The van der Waals surface area contributed by atoms with E-state index in [-0.39, 0.29) is 6.04 Å². The van der Waals surface area contributed by atoms with Crippen molar-refractivity contribution in [2.75, 3.05) is 25.0 Å². The molecule has 0 aliphatic carbocycles. The average molecular weight is 325 g/mol. The molecule has 1 atom stereocenters. The number of piperidine rings is 2. The van der Waals surface area contributed by atoms with Crippen LogP contribution in [0.5, 0.6) is 0 Å². The fourth-order valence-electron chi connectivity index (χ4n) is 2.68. The molecule has 6 heteroatoms. The van der Waals surface area contributed by atoms with Crippen molar-refractivity contribution in [2.45, 2.75) is 44.6 Å². The van der Waals surface area contributed by atoms with Crippen molar-refractivity contribution < 1.29 is 8.42 Å². The third-order valence-electron chi connectivity index (χ3n) is 3.69. The molecule has 0 amide bonds. The van der Waals surface area contributed by atoms with Crippen LogP contribution in [-0.4, -0.2) is 48.0 Å². The third-order valence-corrected chi connectivity index (χ3v) is 6.53. The van der Waals surface area contributed by atoms with Crippen LogP contribution in [0.15, 0.2) is 0 Å². The van der Waals surface area contributed by atoms with Gasteiger partial charge in [0.25, 0.3) is 10.2 Å². The second-order valence-corrected chi connectivity index (χ2v) is 7.41. The summed E-state index contributed by atoms with van der Waals surface area (Å²) in [5, 5.41) is 0.750. The van der Waals surface area contributed by atoms with Crippen LogP contribution in [0.25, 0.3) is 0 Å². The van der Waals surface area contributed by atoms with E-state index in [0.717, 1.165) is 43.9 Å². The van der Waals surface area contributed by atoms with E-state index in [1.807, 2.05) is 0 Å². The maximum absolute atomic E-state index is 12.5. The molecule has 2 saturated heterocycles. The smallest absolute Gasteiger partial charge is 0.195 e. The van der Waals surface area contributed by atoms with Crippen LogP contribution in [-0.2, 0) is 10.2 Å². The minimum Gasteiger partial charge on any atom is -0.195 e. The van der Waals surface area contributed by atoms with Gasteiger partial charge in [-0.2, -0.15) is 17.0 Å². The predicted molar refractivity (Wildman–Crippen MR) is 72.5 cm³/mol. The predicted octanol–water partition coefficient (Wildman–Crippen LogP) is 1.97. The van der Waals surface area contributed by atoms with Crippen LogP contribution >= 0.6 is 15.9 Å². The van der Waals surface area contributed by atoms with Crippen molar-refractivity contribution in [2.24, 2.45) is 0 Å². The number of halogens is 1. The molecule has 1 unspecified atom stereocenters. The lowest BCUT2D eigenvalue weighted by Crippen LogP contribution is -2.52. The minimum absolute atomic E-state index is 0.149. The molecule has 0 N–H and O–H groups in total. The third kappa shape index (κ3) is 3.03. The lowest BCUT2D eigenvalue weighted by Gasteiger charge is -2.38. The molecule has 0 bridgehead atoms. The molecule has 0 saturated carbocycles. The monoisotopic (exact) mass is 324 g/mol. The number of alkyl halides is 1. The topological polar surface area (TPSA) is 40.6 Å². The largest absolute Gasteiger partial charge is 0.282 e. The molecule has 0 spiro atoms. The minimum atomic E-state index is -3.21. The van der Waals surface area contributed by atoms with Gasteiger partial charge in [-0.05, 0) is 25.7 Å². The highest BCUT2D eigenvalue weighted by atomic mass is 79.9. The first-order valence-electron chi connectivity index (χ1n) is 6.49. The number of hydrogen-bond acceptors (Lipinski definition) is 2. The Morgan fingerprint density at radius 2 is 1.65 bits per heavy atom. The average Bonchev–Trinajstić information content (AvgIpc) is 2.39. The SMILES string of the molecule is O=S(=O)(N1CCCCC1)N1CCCCC1CBr. The fourth-order valence-corrected chi connectivity index (χ4v) is 5.47. The maximum Gasteiger partial charge on any atom is 0.282 e. The van der Waals surface area contributed by atoms with Gasteiger partial charge in [0.2, 0.25) is 0 Å². The zero-order valence-corrected chi connectivity index (χ0v) is 12.5. The summed E-state index contributed by atoms with van der Waals surface area (Å²) in [5.41, 5.74) is 0. The first kappa shape index (κ1) is 13.8. The van der Waals surface area contributed by atoms with Crippen molar-refractivity contribution in [1.82, 2.24) is 8.61 Å². The van der Waals surface area contributed by atoms with Gasteiger partial charge in [-0.1, -0.05) is 28.8 Å². The summed E-state index contributed by atoms with van der Waals surface area (Å²) in [4.78, 5) is 0. The van der Waals surface area contributed by atoms with Crippen LogP contribution in [0.3, 0.4) is 0 Å². The van der Waals surface area contributed by atoms with Gasteiger partial charge in [-0.25, -0.2) is 0 Å². The summed E-state index contributed by atoms with van der Waals surface area (Å²) < 4.78 is 28.5. The van der Waals surface area contributed by atoms with E-state index in [9.17, 15) is 8.42 Å². The molecule has 2 aliphatic rings. The zero-order chi connectivity index (χ0) is 12.3. The number of rotatable bonds is 3. The second-order valence-electron chi connectivity index (χ2n) is 4.88. The zero-order valence-electron chi connectivity index (χ0n) is 10.1. The molecule has 0 aromatic heterocycles. The molecule has 17 heavy (non-hydrogen) atoms. The van der Waals surface area contributed by atoms with Crippen molar-refractivity contribution >= 4 is 26.1 Å². The summed E-state index contributed by atoms with van der Waals surface area (Å²) in [7, 11) is -3.21. The summed E-state index contributed by atoms with van der Waals surface area (Å²) in [6.45, 7) is 2.09. The first-order chi connectivity index (χ1) is 8.16. The summed E-state index contributed by atoms with van der Waals surface area (Å²) in [6, 6.07) is 0.149. The van der Waals surface area contributed by atoms with Crippen LogP contribution in [0.2, 0.25) is 0 Å². The summed E-state index contributed by atoms with van der Waals surface area (Å²) >= 11 is 3.44. The van der Waals surface area contributed by atoms with E-state index in [1.54, 1.807) is 8.61 Å². The fraction of sp³-hybridized carbons (Fsp3) is 1.00. The Hall–Kier alpha value is 0.350. The Kier molecular flexibility index (Phi) is 4.86. The van der Waals surface area contributed by atoms with Crippen LogP contribution in [0.1, 0.15) is 38.5 Å². The Morgan fingerprint density at radius 1 is 1.00 bits per heavy atom. The molecular formula is C11H21BrN2O2S. The Bertz CT molecular complexity index is 341. The molecule has 2 aliphatic heterocycles. The van der Waals surface area contributed by atoms with Gasteiger partial charge >= 0.3 is 0 Å². The lowest BCUT2D eigenvalue weighted by molar-refractivity contribution is 0.238. The molecule has 2 heterocycles. The van der Waals surface area contributed by atoms with Gasteiger partial charge in [-0.3, -0.25) is 0 Å². The lowest BCUT2D eigenvalue weighted by atomic mass is 10.1. The van der Waals surface area contributed by atoms with Gasteiger partial charge in [0.1, 0.15) is 0 Å². The van der Waals surface area contributed by atoms with Gasteiger partial charge < -0.3 is 0 Å². The highest BCUT2D eigenvalue weighted by Crippen LogP contribution is 2.25. The Morgan fingerprint density at radius 3 is 2.29 bits per heavy atom. The van der Waals surface area contributed by atoms with E-state index in [2.05, 4.69) is 15.9 Å². The van der Waals surface area contributed by atoms with Crippen molar-refractivity contribution in [1.29, 1.82) is 0 Å². The normalized spacial score (nSPS) is 29.4. The molecule has 100 valence electrons. The van der Waals surface area contributed by atoms with Gasteiger partial charge in [0.15, 0.2) is 0 Å². The molecule has 2 fully saturated rings. The standard InChI is InChI=1S/C11H21BrN2O2S/c12-10-11-6-2-5-9-14(11)17(15,16)13-7-3-1-4-8-13/h11H,1-10H2. The van der Waals surface area contributed by atoms with Gasteiger partial charge in [0.05, 0.1) is 0 Å². The van der Waals surface area contributed by atoms with E-state index in [0.29, 0.717) is 19.6 Å². The van der Waals surface area contributed by atoms with Crippen molar-refractivity contribution in [3.05, 3.63) is 0 Å². The quantitative estimate of drug-likeness (QED) is 0.745. The molecule has 0 radical (unpaired) electrons. The van der Waals surface area contributed by atoms with Crippen LogP contribution in [0, 0.1) is 0 Å². The van der Waals surface area contributed by atoms with Crippen molar-refractivity contribution in [3.8, 4) is 0 Å². The summed E-state index contributed by atoms with van der Waals surface area (Å²) in [6.07, 6.45) is 6.29. The Balaban J connectivity index is 2.11. The highest BCUT2D eigenvalue weighted by Gasteiger charge is 2.36. The van der Waals surface area contributed by atoms with E-state index < -0.39 is 10.2 Å². The molecule has 2 rings (SSSR count). The van der Waals surface area contributed by atoms with Crippen molar-refractivity contribution in [3.63, 3.8) is 0 Å². The van der Waals surface area contributed by atoms with E-state index in [1.165, 1.54) is 0 Å². The molecule has 4 nitrogen and oxygen atoms in total. The van der Waals surface area contributed by atoms with E-state index >= 15 is 0 Å². The second kappa shape index (κ2) is 5.99.